The van der Waals surface area contributed by atoms with Gasteiger partial charge < -0.3 is 59.8 Å². The number of ketones is 1. The smallest absolute Gasteiger partial charge is 0.335 e. The molecule has 318 valence electrons. The van der Waals surface area contributed by atoms with Crippen molar-refractivity contribution >= 4 is 11.8 Å². The summed E-state index contributed by atoms with van der Waals surface area (Å²) in [5, 5.41) is 84.4. The second kappa shape index (κ2) is 14.3. The Labute approximate surface area is 329 Å². The van der Waals surface area contributed by atoms with Gasteiger partial charge in [0.2, 0.25) is 0 Å². The fourth-order valence-corrected chi connectivity index (χ4v) is 13.5. The number of carboxylic acid groups (broad SMARTS) is 1. The van der Waals surface area contributed by atoms with E-state index < -0.39 is 85.5 Å². The highest BCUT2D eigenvalue weighted by Gasteiger charge is 2.70. The summed E-state index contributed by atoms with van der Waals surface area (Å²) in [4.78, 5) is 25.9. The van der Waals surface area contributed by atoms with Crippen LogP contribution in [0, 0.1) is 50.2 Å². The molecular formula is C42H66O14. The van der Waals surface area contributed by atoms with Crippen LogP contribution < -0.4 is 0 Å². The summed E-state index contributed by atoms with van der Waals surface area (Å²) in [5.41, 5.74) is -0.183. The highest BCUT2D eigenvalue weighted by Crippen LogP contribution is 2.75. The SMILES string of the molecule is CC1(C)CC(=O)[C@]2(C)CC[C@]3(C)C(=CC[C@@H]4[C@@]5(C)CC[C@H](O[C@@H]6O[C@H](C(=O)O)[C@@H](O)[C@H](O)[C@H]6O[C@@H]6O[C@H](CO)[C@H](O)[C@H](O)[C@H]6O)[C@](C)(CO)[C@@H]5CC[C@]43C)[C@@H]2C1. The number of aliphatic hydroxyl groups is 7. The van der Waals surface area contributed by atoms with Gasteiger partial charge in [-0.2, -0.15) is 0 Å². The zero-order valence-electron chi connectivity index (χ0n) is 34.0. The van der Waals surface area contributed by atoms with E-state index in [4.69, 9.17) is 18.9 Å². The predicted molar refractivity (Wildman–Crippen MR) is 198 cm³/mol. The summed E-state index contributed by atoms with van der Waals surface area (Å²) in [5.74, 6) is -0.705. The first-order valence-electron chi connectivity index (χ1n) is 20.7. The minimum absolute atomic E-state index is 0.0291. The Balaban J connectivity index is 1.17. The van der Waals surface area contributed by atoms with E-state index in [9.17, 15) is 50.4 Å². The number of aliphatic hydroxyl groups excluding tert-OH is 7. The standard InChI is InChI=1S/C42H66O14/c1-37(2)16-21-20-8-9-24-39(4)12-11-26(40(5,19-44)23(39)10-13-42(24,7)41(20,6)15-14-38(21,3)25(45)17-37)54-36-33(30(49)29(48)32(55-36)34(51)52)56-35-31(50)28(47)27(46)22(18-43)53-35/h8,21-24,26-33,35-36,43-44,46-50H,9-19H2,1-7H3,(H,51,52)/t21-,22+,23+,24+,26-,27-,28-,29-,30-,31+,32-,33+,35-,36+,38+,39-,40+,41+,42+/m0/s1. The monoisotopic (exact) mass is 794 g/mol. The lowest BCUT2D eigenvalue weighted by atomic mass is 9.33. The predicted octanol–water partition coefficient (Wildman–Crippen LogP) is 2.06. The zero-order valence-corrected chi connectivity index (χ0v) is 34.0. The molecule has 7 aliphatic rings. The number of fused-ring (bicyclic) bond motifs is 7. The quantitative estimate of drug-likeness (QED) is 0.136. The lowest BCUT2D eigenvalue weighted by Crippen LogP contribution is -2.68. The molecule has 14 heteroatoms. The average molecular weight is 795 g/mol. The van der Waals surface area contributed by atoms with Crippen LogP contribution in [-0.2, 0) is 28.5 Å². The summed E-state index contributed by atoms with van der Waals surface area (Å²) in [6.45, 7) is 14.9. The van der Waals surface area contributed by atoms with Gasteiger partial charge in [-0.15, -0.1) is 0 Å². The number of rotatable bonds is 7. The van der Waals surface area contributed by atoms with E-state index in [0.29, 0.717) is 18.6 Å². The van der Waals surface area contributed by atoms with Gasteiger partial charge >= 0.3 is 5.97 Å². The topological polar surface area (TPSA) is 233 Å². The fourth-order valence-electron chi connectivity index (χ4n) is 13.5. The molecule has 5 aliphatic carbocycles. The van der Waals surface area contributed by atoms with Crippen LogP contribution in [0.25, 0.3) is 0 Å². The number of allylic oxidation sites excluding steroid dienone is 2. The Kier molecular flexibility index (Phi) is 10.9. The molecule has 19 atom stereocenters. The maximum atomic E-state index is 13.7. The maximum Gasteiger partial charge on any atom is 0.335 e. The minimum Gasteiger partial charge on any atom is -0.479 e. The van der Waals surface area contributed by atoms with E-state index >= 15 is 0 Å². The van der Waals surface area contributed by atoms with Gasteiger partial charge in [0, 0.05) is 17.3 Å². The number of hydrogen-bond acceptors (Lipinski definition) is 13. The average Bonchev–Trinajstić information content (AvgIpc) is 3.13. The molecule has 0 bridgehead atoms. The van der Waals surface area contributed by atoms with E-state index in [1.54, 1.807) is 0 Å². The third-order valence-electron chi connectivity index (χ3n) is 17.2. The number of hydrogen-bond donors (Lipinski definition) is 8. The van der Waals surface area contributed by atoms with Crippen LogP contribution in [0.3, 0.4) is 0 Å². The van der Waals surface area contributed by atoms with Crippen molar-refractivity contribution in [1.82, 2.24) is 0 Å². The number of carbonyl (C=O) groups is 2. The van der Waals surface area contributed by atoms with E-state index in [-0.39, 0.29) is 51.4 Å². The Morgan fingerprint density at radius 3 is 2.14 bits per heavy atom. The van der Waals surface area contributed by atoms with E-state index in [1.807, 2.05) is 6.92 Å². The third-order valence-corrected chi connectivity index (χ3v) is 17.2. The molecule has 2 heterocycles. The lowest BCUT2D eigenvalue weighted by molar-refractivity contribution is -0.375. The second-order valence-corrected chi connectivity index (χ2v) is 20.6. The first-order chi connectivity index (χ1) is 26.0. The number of Topliss-reactive ketones (excluding diaryl/α,β-unsaturated/α-hetero) is 1. The van der Waals surface area contributed by atoms with Gasteiger partial charge in [0.25, 0.3) is 0 Å². The molecule has 0 aromatic carbocycles. The summed E-state index contributed by atoms with van der Waals surface area (Å²) >= 11 is 0. The molecule has 4 saturated carbocycles. The Morgan fingerprint density at radius 1 is 0.804 bits per heavy atom. The molecule has 6 fully saturated rings. The van der Waals surface area contributed by atoms with Crippen LogP contribution in [0.4, 0.5) is 0 Å². The molecule has 2 saturated heterocycles. The summed E-state index contributed by atoms with van der Waals surface area (Å²) < 4.78 is 23.8. The molecule has 0 radical (unpaired) electrons. The fraction of sp³-hybridized carbons (Fsp3) is 0.905. The van der Waals surface area contributed by atoms with Crippen molar-refractivity contribution in [2.75, 3.05) is 13.2 Å². The van der Waals surface area contributed by atoms with Gasteiger partial charge in [-0.1, -0.05) is 60.1 Å². The van der Waals surface area contributed by atoms with Crippen molar-refractivity contribution in [2.45, 2.75) is 174 Å². The van der Waals surface area contributed by atoms with Crippen molar-refractivity contribution in [1.29, 1.82) is 0 Å². The van der Waals surface area contributed by atoms with Crippen molar-refractivity contribution in [3.8, 4) is 0 Å². The third kappa shape index (κ3) is 6.13. The number of aliphatic carboxylic acids is 1. The van der Waals surface area contributed by atoms with Crippen molar-refractivity contribution in [3.63, 3.8) is 0 Å². The van der Waals surface area contributed by atoms with Crippen LogP contribution in [0.5, 0.6) is 0 Å². The maximum absolute atomic E-state index is 13.7. The van der Waals surface area contributed by atoms with Gasteiger partial charge in [-0.3, -0.25) is 4.79 Å². The Morgan fingerprint density at radius 2 is 1.50 bits per heavy atom. The van der Waals surface area contributed by atoms with Gasteiger partial charge in [0.15, 0.2) is 18.7 Å². The largest absolute Gasteiger partial charge is 0.479 e. The van der Waals surface area contributed by atoms with Gasteiger partial charge in [0.05, 0.1) is 19.3 Å². The lowest BCUT2D eigenvalue weighted by Gasteiger charge is -2.71. The molecule has 2 aliphatic heterocycles. The van der Waals surface area contributed by atoms with Gasteiger partial charge in [0.1, 0.15) is 48.5 Å². The molecule has 8 N–H and O–H groups in total. The van der Waals surface area contributed by atoms with Crippen molar-refractivity contribution < 1.29 is 69.4 Å². The van der Waals surface area contributed by atoms with Crippen LogP contribution in [0.15, 0.2) is 11.6 Å². The summed E-state index contributed by atoms with van der Waals surface area (Å²) in [6.07, 6.45) is -8.50. The van der Waals surface area contributed by atoms with Crippen LogP contribution in [-0.4, -0.2) is 133 Å². The molecular weight excluding hydrogens is 728 g/mol. The summed E-state index contributed by atoms with van der Waals surface area (Å²) in [7, 11) is 0. The minimum atomic E-state index is -1.97. The van der Waals surface area contributed by atoms with Crippen molar-refractivity contribution in [2.24, 2.45) is 50.2 Å². The first kappa shape index (κ1) is 42.6. The molecule has 0 aromatic rings. The second-order valence-electron chi connectivity index (χ2n) is 20.6. The number of ether oxygens (including phenoxy) is 4. The molecule has 0 spiro atoms. The highest BCUT2D eigenvalue weighted by atomic mass is 16.8. The van der Waals surface area contributed by atoms with E-state index in [2.05, 4.69) is 47.6 Å². The van der Waals surface area contributed by atoms with Crippen LogP contribution >= 0.6 is 0 Å². The van der Waals surface area contributed by atoms with Gasteiger partial charge in [-0.25, -0.2) is 4.79 Å². The van der Waals surface area contributed by atoms with Gasteiger partial charge in [-0.05, 0) is 90.8 Å². The molecule has 7 rings (SSSR count). The van der Waals surface area contributed by atoms with E-state index in [0.717, 1.165) is 44.9 Å². The molecule has 14 nitrogen and oxygen atoms in total. The normalized spacial score (nSPS) is 54.2. The Bertz CT molecular complexity index is 1570. The number of carbonyl (C=O) groups excluding carboxylic acids is 1. The molecule has 0 aromatic heterocycles. The molecule has 0 amide bonds. The first-order valence-corrected chi connectivity index (χ1v) is 20.7. The van der Waals surface area contributed by atoms with E-state index in [1.165, 1.54) is 5.57 Å². The van der Waals surface area contributed by atoms with Crippen LogP contribution in [0.2, 0.25) is 0 Å². The highest BCUT2D eigenvalue weighted by molar-refractivity contribution is 5.87. The summed E-state index contributed by atoms with van der Waals surface area (Å²) in [6, 6.07) is 0. The Hall–Kier alpha value is -1.56. The molecule has 0 unspecified atom stereocenters. The molecule has 56 heavy (non-hydrogen) atoms. The van der Waals surface area contributed by atoms with Crippen molar-refractivity contribution in [3.05, 3.63) is 11.6 Å². The zero-order chi connectivity index (χ0) is 41.1. The number of carboxylic acids is 1. The van der Waals surface area contributed by atoms with Crippen LogP contribution in [0.1, 0.15) is 106 Å².